The SMILES string of the molecule is CC1(C)c2ccccc2-c2c(-c3ccccc3N(c3ccccc3-c3cccc4sc5ccccc5c34)c3cccc4c3-c3ccccc3C4(C)C)cccc21. The number of anilines is 3. The van der Waals surface area contributed by atoms with E-state index in [1.807, 2.05) is 11.3 Å². The average Bonchev–Trinajstić information content (AvgIpc) is 3.82. The fraction of sp³-hybridized carbons (Fsp3) is 0.111. The first-order chi connectivity index (χ1) is 27.3. The van der Waals surface area contributed by atoms with Crippen molar-refractivity contribution in [3.05, 3.63) is 198 Å². The normalized spacial score (nSPS) is 14.4. The van der Waals surface area contributed by atoms with E-state index >= 15 is 0 Å². The van der Waals surface area contributed by atoms with E-state index < -0.39 is 0 Å². The van der Waals surface area contributed by atoms with Crippen molar-refractivity contribution in [3.63, 3.8) is 0 Å². The molecule has 0 N–H and O–H groups in total. The fourth-order valence-corrected chi connectivity index (χ4v) is 11.2. The summed E-state index contributed by atoms with van der Waals surface area (Å²) in [5, 5.41) is 2.63. The van der Waals surface area contributed by atoms with Crippen molar-refractivity contribution in [2.75, 3.05) is 4.90 Å². The number of fused-ring (bicyclic) bond motifs is 9. The summed E-state index contributed by atoms with van der Waals surface area (Å²) >= 11 is 1.88. The number of hydrogen-bond acceptors (Lipinski definition) is 2. The molecule has 1 nitrogen and oxygen atoms in total. The molecule has 1 aromatic heterocycles. The lowest BCUT2D eigenvalue weighted by Crippen LogP contribution is -2.16. The van der Waals surface area contributed by atoms with Crippen molar-refractivity contribution in [1.82, 2.24) is 0 Å². The van der Waals surface area contributed by atoms with Gasteiger partial charge in [0.1, 0.15) is 0 Å². The van der Waals surface area contributed by atoms with Crippen LogP contribution in [0.15, 0.2) is 176 Å². The van der Waals surface area contributed by atoms with Gasteiger partial charge in [-0.05, 0) is 80.4 Å². The van der Waals surface area contributed by atoms with Gasteiger partial charge in [-0.15, -0.1) is 11.3 Å². The standard InChI is InChI=1S/C54H41NS/c1-53(2)41-25-10-5-20-38(41)50-36(23-15-27-43(50)53)34-18-7-12-29-45(34)55(47-31-17-28-44-52(47)39-21-6-11-26-42(39)54(44,3)4)46-30-13-8-19-35(46)37-24-16-33-49-51(37)40-22-9-14-32-48(40)56-49/h5-33H,1-4H3. The van der Waals surface area contributed by atoms with Crippen LogP contribution >= 0.6 is 11.3 Å². The van der Waals surface area contributed by atoms with E-state index in [2.05, 4.69) is 209 Å². The number of rotatable bonds is 5. The van der Waals surface area contributed by atoms with E-state index in [1.54, 1.807) is 0 Å². The summed E-state index contributed by atoms with van der Waals surface area (Å²) in [6, 6.07) is 65.8. The van der Waals surface area contributed by atoms with Gasteiger partial charge in [0.25, 0.3) is 0 Å². The van der Waals surface area contributed by atoms with Crippen LogP contribution in [0.1, 0.15) is 49.9 Å². The summed E-state index contributed by atoms with van der Waals surface area (Å²) in [7, 11) is 0. The Bertz CT molecular complexity index is 3050. The third-order valence-electron chi connectivity index (χ3n) is 12.7. The second-order valence-electron chi connectivity index (χ2n) is 16.4. The highest BCUT2D eigenvalue weighted by Gasteiger charge is 2.40. The van der Waals surface area contributed by atoms with Crippen LogP contribution < -0.4 is 4.90 Å². The zero-order valence-electron chi connectivity index (χ0n) is 32.1. The van der Waals surface area contributed by atoms with Crippen LogP contribution in [0, 0.1) is 0 Å². The van der Waals surface area contributed by atoms with Crippen LogP contribution in [0.5, 0.6) is 0 Å². The van der Waals surface area contributed by atoms with Crippen LogP contribution in [-0.4, -0.2) is 0 Å². The Morgan fingerprint density at radius 1 is 0.339 bits per heavy atom. The monoisotopic (exact) mass is 735 g/mol. The van der Waals surface area contributed by atoms with E-state index in [1.165, 1.54) is 92.6 Å². The maximum atomic E-state index is 2.58. The molecule has 11 rings (SSSR count). The zero-order valence-corrected chi connectivity index (χ0v) is 32.9. The summed E-state index contributed by atoms with van der Waals surface area (Å²) in [6.07, 6.45) is 0. The van der Waals surface area contributed by atoms with Gasteiger partial charge in [0.2, 0.25) is 0 Å². The third kappa shape index (κ3) is 4.60. The first-order valence-corrected chi connectivity index (χ1v) is 20.5. The highest BCUT2D eigenvalue weighted by Crippen LogP contribution is 2.58. The largest absolute Gasteiger partial charge is 0.309 e. The number of hydrogen-bond donors (Lipinski definition) is 0. The lowest BCUT2D eigenvalue weighted by Gasteiger charge is -2.32. The maximum Gasteiger partial charge on any atom is 0.0543 e. The van der Waals surface area contributed by atoms with Crippen molar-refractivity contribution in [2.24, 2.45) is 0 Å². The third-order valence-corrected chi connectivity index (χ3v) is 13.8. The fourth-order valence-electron chi connectivity index (χ4n) is 10.1. The van der Waals surface area contributed by atoms with Crippen molar-refractivity contribution in [2.45, 2.75) is 38.5 Å². The predicted octanol–water partition coefficient (Wildman–Crippen LogP) is 15.5. The van der Waals surface area contributed by atoms with Gasteiger partial charge >= 0.3 is 0 Å². The van der Waals surface area contributed by atoms with Gasteiger partial charge in [0.05, 0.1) is 17.1 Å². The quantitative estimate of drug-likeness (QED) is 0.170. The zero-order chi connectivity index (χ0) is 37.8. The lowest BCUT2D eigenvalue weighted by atomic mass is 9.82. The van der Waals surface area contributed by atoms with Crippen LogP contribution in [0.4, 0.5) is 17.1 Å². The maximum absolute atomic E-state index is 2.58. The van der Waals surface area contributed by atoms with Gasteiger partial charge in [-0.2, -0.15) is 0 Å². The molecule has 0 bridgehead atoms. The van der Waals surface area contributed by atoms with E-state index in [9.17, 15) is 0 Å². The molecule has 2 heteroatoms. The Kier molecular flexibility index (Phi) is 7.18. The molecule has 0 spiro atoms. The highest BCUT2D eigenvalue weighted by molar-refractivity contribution is 7.25. The van der Waals surface area contributed by atoms with E-state index in [4.69, 9.17) is 0 Å². The minimum Gasteiger partial charge on any atom is -0.309 e. The van der Waals surface area contributed by atoms with Crippen molar-refractivity contribution in [3.8, 4) is 44.5 Å². The van der Waals surface area contributed by atoms with Gasteiger partial charge in [-0.25, -0.2) is 0 Å². The summed E-state index contributed by atoms with van der Waals surface area (Å²) in [6.45, 7) is 9.50. The molecule has 8 aromatic carbocycles. The predicted molar refractivity (Wildman–Crippen MR) is 240 cm³/mol. The molecule has 56 heavy (non-hydrogen) atoms. The number of thiophene rings is 1. The molecule has 2 aliphatic rings. The number of nitrogens with zero attached hydrogens (tertiary/aromatic N) is 1. The molecule has 0 fully saturated rings. The molecule has 1 heterocycles. The van der Waals surface area contributed by atoms with Crippen LogP contribution in [-0.2, 0) is 10.8 Å². The minimum atomic E-state index is -0.136. The molecule has 0 radical (unpaired) electrons. The molecule has 0 unspecified atom stereocenters. The Hall–Kier alpha value is -6.22. The Morgan fingerprint density at radius 2 is 0.768 bits per heavy atom. The van der Waals surface area contributed by atoms with Gasteiger partial charge in [-0.1, -0.05) is 173 Å². The first-order valence-electron chi connectivity index (χ1n) is 19.7. The van der Waals surface area contributed by atoms with Gasteiger partial charge in [0.15, 0.2) is 0 Å². The average molecular weight is 736 g/mol. The molecule has 268 valence electrons. The second kappa shape index (κ2) is 12.1. The number of benzene rings is 8. The van der Waals surface area contributed by atoms with Crippen molar-refractivity contribution in [1.29, 1.82) is 0 Å². The van der Waals surface area contributed by atoms with Gasteiger partial charge in [-0.3, -0.25) is 0 Å². The van der Waals surface area contributed by atoms with Crippen LogP contribution in [0.2, 0.25) is 0 Å². The number of para-hydroxylation sites is 2. The van der Waals surface area contributed by atoms with E-state index in [0.717, 1.165) is 11.4 Å². The summed E-state index contributed by atoms with van der Waals surface area (Å²) in [4.78, 5) is 2.58. The van der Waals surface area contributed by atoms with Gasteiger partial charge < -0.3 is 4.90 Å². The molecule has 0 amide bonds. The molecule has 2 aliphatic carbocycles. The van der Waals surface area contributed by atoms with Crippen molar-refractivity contribution < 1.29 is 0 Å². The minimum absolute atomic E-state index is 0.0965. The Labute approximate surface area is 333 Å². The molecule has 0 saturated carbocycles. The van der Waals surface area contributed by atoms with E-state index in [-0.39, 0.29) is 10.8 Å². The van der Waals surface area contributed by atoms with E-state index in [0.29, 0.717) is 0 Å². The Morgan fingerprint density at radius 3 is 1.46 bits per heavy atom. The molecule has 9 aromatic rings. The van der Waals surface area contributed by atoms with Crippen LogP contribution in [0.25, 0.3) is 64.7 Å². The molecule has 0 saturated heterocycles. The first kappa shape index (κ1) is 33.1. The van der Waals surface area contributed by atoms with Gasteiger partial charge in [0, 0.05) is 47.7 Å². The lowest BCUT2D eigenvalue weighted by molar-refractivity contribution is 0.660. The topological polar surface area (TPSA) is 3.24 Å². The summed E-state index contributed by atoms with van der Waals surface area (Å²) in [5.41, 5.74) is 19.0. The smallest absolute Gasteiger partial charge is 0.0543 e. The van der Waals surface area contributed by atoms with Crippen molar-refractivity contribution >= 4 is 48.6 Å². The molecule has 0 atom stereocenters. The summed E-state index contributed by atoms with van der Waals surface area (Å²) < 4.78 is 2.62. The highest BCUT2D eigenvalue weighted by atomic mass is 32.1. The molecular weight excluding hydrogens is 695 g/mol. The second-order valence-corrected chi connectivity index (χ2v) is 17.5. The summed E-state index contributed by atoms with van der Waals surface area (Å²) in [5.74, 6) is 0. The molecular formula is C54H41NS. The molecule has 0 aliphatic heterocycles. The Balaban J connectivity index is 1.24. The van der Waals surface area contributed by atoms with Crippen LogP contribution in [0.3, 0.4) is 0 Å².